The maximum Gasteiger partial charge on any atom is 0.0462 e. The van der Waals surface area contributed by atoms with Crippen LogP contribution >= 0.6 is 15.9 Å². The number of methoxy groups -OCH3 is 1. The Kier molecular flexibility index (Phi) is 6.00. The number of likely N-dealkylation sites (tertiary alicyclic amines) is 1. The smallest absolute Gasteiger partial charge is 0.0462 e. The summed E-state index contributed by atoms with van der Waals surface area (Å²) < 4.78 is 5.02. The number of unbranched alkanes of at least 4 members (excludes halogenated alkanes) is 1. The van der Waals surface area contributed by atoms with Gasteiger partial charge < -0.3 is 9.64 Å². The van der Waals surface area contributed by atoms with E-state index in [2.05, 4.69) is 20.8 Å². The van der Waals surface area contributed by atoms with Crippen LogP contribution in [0.5, 0.6) is 0 Å². The second-order valence-electron chi connectivity index (χ2n) is 3.74. The van der Waals surface area contributed by atoms with Gasteiger partial charge in [0.25, 0.3) is 0 Å². The van der Waals surface area contributed by atoms with Gasteiger partial charge in [-0.05, 0) is 38.8 Å². The van der Waals surface area contributed by atoms with Crippen LogP contribution < -0.4 is 0 Å². The van der Waals surface area contributed by atoms with Crippen LogP contribution in [0.3, 0.4) is 0 Å². The van der Waals surface area contributed by atoms with Crippen LogP contribution in [0.15, 0.2) is 0 Å². The third-order valence-corrected chi connectivity index (χ3v) is 3.27. The maximum absolute atomic E-state index is 5.02. The number of hydrogen-bond donors (Lipinski definition) is 0. The van der Waals surface area contributed by atoms with E-state index in [0.29, 0.717) is 0 Å². The molecule has 0 aliphatic carbocycles. The molecule has 1 unspecified atom stereocenters. The monoisotopic (exact) mass is 249 g/mol. The first-order valence-electron chi connectivity index (χ1n) is 5.18. The molecule has 0 radical (unpaired) electrons. The molecule has 1 rings (SSSR count). The normalized spacial score (nSPS) is 24.9. The Bertz CT molecular complexity index is 132. The summed E-state index contributed by atoms with van der Waals surface area (Å²) in [6.07, 6.45) is 5.16. The van der Waals surface area contributed by atoms with E-state index in [-0.39, 0.29) is 0 Å². The van der Waals surface area contributed by atoms with Gasteiger partial charge in [-0.3, -0.25) is 0 Å². The molecule has 0 aromatic heterocycles. The molecule has 2 nitrogen and oxygen atoms in total. The van der Waals surface area contributed by atoms with Gasteiger partial charge in [-0.2, -0.15) is 0 Å². The predicted molar refractivity (Wildman–Crippen MR) is 59.5 cm³/mol. The molecule has 0 spiro atoms. The lowest BCUT2D eigenvalue weighted by molar-refractivity contribution is 0.179. The van der Waals surface area contributed by atoms with Gasteiger partial charge in [0.05, 0.1) is 0 Å². The summed E-state index contributed by atoms with van der Waals surface area (Å²) in [5.74, 6) is 0. The molecule has 0 aromatic carbocycles. The first-order chi connectivity index (χ1) is 6.33. The van der Waals surface area contributed by atoms with Crippen LogP contribution in [0.1, 0.15) is 25.7 Å². The summed E-state index contributed by atoms with van der Waals surface area (Å²) in [6, 6.07) is 0. The molecule has 78 valence electrons. The fraction of sp³-hybridized carbons (Fsp3) is 1.00. The van der Waals surface area contributed by atoms with E-state index in [1.54, 1.807) is 7.11 Å². The van der Waals surface area contributed by atoms with Crippen LogP contribution in [0.25, 0.3) is 0 Å². The van der Waals surface area contributed by atoms with Crippen molar-refractivity contribution < 1.29 is 4.74 Å². The molecular weight excluding hydrogens is 230 g/mol. The van der Waals surface area contributed by atoms with Crippen LogP contribution in [0, 0.1) is 0 Å². The lowest BCUT2D eigenvalue weighted by Gasteiger charge is -2.29. The topological polar surface area (TPSA) is 12.5 Å². The van der Waals surface area contributed by atoms with Gasteiger partial charge >= 0.3 is 0 Å². The predicted octanol–water partition coefficient (Wildman–Crippen LogP) is 2.27. The zero-order valence-corrected chi connectivity index (χ0v) is 10.1. The molecule has 0 bridgehead atoms. The molecular formula is C10H20BrNO. The van der Waals surface area contributed by atoms with E-state index >= 15 is 0 Å². The quantitative estimate of drug-likeness (QED) is 0.548. The fourth-order valence-corrected chi connectivity index (χ4v) is 2.52. The number of nitrogens with zero attached hydrogens (tertiary/aromatic N) is 1. The zero-order valence-electron chi connectivity index (χ0n) is 8.47. The van der Waals surface area contributed by atoms with Crippen LogP contribution in [0.2, 0.25) is 0 Å². The molecule has 0 amide bonds. The van der Waals surface area contributed by atoms with Gasteiger partial charge in [-0.1, -0.05) is 15.9 Å². The van der Waals surface area contributed by atoms with Gasteiger partial charge in [0.15, 0.2) is 0 Å². The van der Waals surface area contributed by atoms with E-state index in [1.807, 2.05) is 0 Å². The minimum Gasteiger partial charge on any atom is -0.385 e. The average molecular weight is 250 g/mol. The number of ether oxygens (including phenoxy) is 1. The third-order valence-electron chi connectivity index (χ3n) is 2.52. The Morgan fingerprint density at radius 3 is 3.00 bits per heavy atom. The summed E-state index contributed by atoms with van der Waals surface area (Å²) in [4.78, 5) is 3.28. The van der Waals surface area contributed by atoms with Gasteiger partial charge in [-0.15, -0.1) is 0 Å². The molecule has 1 heterocycles. The van der Waals surface area contributed by atoms with Crippen molar-refractivity contribution in [2.24, 2.45) is 0 Å². The zero-order chi connectivity index (χ0) is 9.52. The van der Waals surface area contributed by atoms with E-state index in [0.717, 1.165) is 11.4 Å². The third kappa shape index (κ3) is 4.99. The van der Waals surface area contributed by atoms with Crippen molar-refractivity contribution in [2.45, 2.75) is 30.5 Å². The van der Waals surface area contributed by atoms with E-state index in [4.69, 9.17) is 4.74 Å². The first kappa shape index (κ1) is 11.5. The molecule has 1 fully saturated rings. The van der Waals surface area contributed by atoms with Crippen molar-refractivity contribution in [1.82, 2.24) is 4.90 Å². The number of alkyl halides is 1. The summed E-state index contributed by atoms with van der Waals surface area (Å²) in [5.41, 5.74) is 0. The second kappa shape index (κ2) is 6.80. The molecule has 1 aliphatic rings. The van der Waals surface area contributed by atoms with Crippen molar-refractivity contribution in [2.75, 3.05) is 33.4 Å². The second-order valence-corrected chi connectivity index (χ2v) is 5.03. The maximum atomic E-state index is 5.02. The summed E-state index contributed by atoms with van der Waals surface area (Å²) >= 11 is 3.68. The summed E-state index contributed by atoms with van der Waals surface area (Å²) in [5, 5.41) is 0. The Balaban J connectivity index is 2.00. The number of hydrogen-bond acceptors (Lipinski definition) is 2. The molecule has 1 saturated heterocycles. The highest BCUT2D eigenvalue weighted by atomic mass is 79.9. The van der Waals surface area contributed by atoms with Gasteiger partial charge in [0.2, 0.25) is 0 Å². The van der Waals surface area contributed by atoms with Crippen LogP contribution in [-0.4, -0.2) is 43.1 Å². The minimum absolute atomic E-state index is 0.726. The number of piperidine rings is 1. The largest absolute Gasteiger partial charge is 0.385 e. The van der Waals surface area contributed by atoms with E-state index < -0.39 is 0 Å². The Morgan fingerprint density at radius 2 is 2.31 bits per heavy atom. The van der Waals surface area contributed by atoms with E-state index in [9.17, 15) is 0 Å². The van der Waals surface area contributed by atoms with E-state index in [1.165, 1.54) is 45.3 Å². The minimum atomic E-state index is 0.726. The lowest BCUT2D eigenvalue weighted by Crippen LogP contribution is -2.36. The number of rotatable bonds is 5. The summed E-state index contributed by atoms with van der Waals surface area (Å²) in [7, 11) is 1.77. The Morgan fingerprint density at radius 1 is 1.46 bits per heavy atom. The van der Waals surface area contributed by atoms with Crippen LogP contribution in [-0.2, 0) is 4.74 Å². The van der Waals surface area contributed by atoms with Crippen molar-refractivity contribution in [1.29, 1.82) is 0 Å². The van der Waals surface area contributed by atoms with Gasteiger partial charge in [-0.25, -0.2) is 0 Å². The fourth-order valence-electron chi connectivity index (χ4n) is 1.78. The lowest BCUT2D eigenvalue weighted by atomic mass is 10.1. The molecule has 1 aliphatic heterocycles. The molecule has 0 aromatic rings. The molecule has 3 heteroatoms. The highest BCUT2D eigenvalue weighted by Crippen LogP contribution is 2.16. The molecule has 1 atom stereocenters. The molecule has 0 N–H and O–H groups in total. The SMILES string of the molecule is COCCCCN1CCCC(Br)C1. The van der Waals surface area contributed by atoms with Crippen molar-refractivity contribution in [3.05, 3.63) is 0 Å². The standard InChI is InChI=1S/C10H20BrNO/c1-13-8-3-2-6-12-7-4-5-10(11)9-12/h10H,2-9H2,1H3. The Labute approximate surface area is 89.8 Å². The van der Waals surface area contributed by atoms with Crippen LogP contribution in [0.4, 0.5) is 0 Å². The number of halogens is 1. The molecule has 13 heavy (non-hydrogen) atoms. The highest BCUT2D eigenvalue weighted by molar-refractivity contribution is 9.09. The summed E-state index contributed by atoms with van der Waals surface area (Å²) in [6.45, 7) is 4.67. The average Bonchev–Trinajstić information content (AvgIpc) is 2.13. The van der Waals surface area contributed by atoms with Crippen molar-refractivity contribution in [3.8, 4) is 0 Å². The Hall–Kier alpha value is 0.400. The van der Waals surface area contributed by atoms with Gasteiger partial charge in [0, 0.05) is 25.1 Å². The van der Waals surface area contributed by atoms with Gasteiger partial charge in [0.1, 0.15) is 0 Å². The van der Waals surface area contributed by atoms with Crippen molar-refractivity contribution in [3.63, 3.8) is 0 Å². The molecule has 0 saturated carbocycles. The first-order valence-corrected chi connectivity index (χ1v) is 6.10. The highest BCUT2D eigenvalue weighted by Gasteiger charge is 2.16. The van der Waals surface area contributed by atoms with Crippen molar-refractivity contribution >= 4 is 15.9 Å².